The lowest BCUT2D eigenvalue weighted by molar-refractivity contribution is 0.288. The number of nitrogens with one attached hydrogen (secondary N) is 1. The van der Waals surface area contributed by atoms with Crippen molar-refractivity contribution in [2.75, 3.05) is 6.61 Å². The van der Waals surface area contributed by atoms with Gasteiger partial charge in [-0.05, 0) is 36.6 Å². The summed E-state index contributed by atoms with van der Waals surface area (Å²) in [7, 11) is 0. The quantitative estimate of drug-likeness (QED) is 0.656. The number of ether oxygens (including phenoxy) is 1. The molecular formula is C13H15N3OS. The summed E-state index contributed by atoms with van der Waals surface area (Å²) in [5.41, 5.74) is 6.07. The van der Waals surface area contributed by atoms with Crippen molar-refractivity contribution in [3.63, 3.8) is 0 Å². The fraction of sp³-hybridized carbons (Fsp3) is 0.308. The number of hydrogen-bond donors (Lipinski definition) is 2. The number of fused-ring (bicyclic) bond motifs is 1. The van der Waals surface area contributed by atoms with Crippen LogP contribution in [0.3, 0.4) is 0 Å². The second-order valence-electron chi connectivity index (χ2n) is 4.28. The van der Waals surface area contributed by atoms with Crippen molar-refractivity contribution in [2.45, 2.75) is 19.4 Å². The average molecular weight is 261 g/mol. The molecule has 0 amide bonds. The number of nitrogens with zero attached hydrogens (tertiary/aromatic N) is 1. The second kappa shape index (κ2) is 5.06. The highest BCUT2D eigenvalue weighted by atomic mass is 32.1. The largest absolute Gasteiger partial charge is 0.493 e. The van der Waals surface area contributed by atoms with Gasteiger partial charge in [-0.2, -0.15) is 0 Å². The summed E-state index contributed by atoms with van der Waals surface area (Å²) in [4.78, 5) is 4.55. The van der Waals surface area contributed by atoms with Gasteiger partial charge in [0.1, 0.15) is 10.8 Å². The number of hydrogen-bond acceptors (Lipinski definition) is 5. The highest BCUT2D eigenvalue weighted by molar-refractivity contribution is 7.09. The minimum absolute atomic E-state index is 0.610. The monoisotopic (exact) mass is 261 g/mol. The molecule has 94 valence electrons. The lowest BCUT2D eigenvalue weighted by atomic mass is 10.0. The van der Waals surface area contributed by atoms with Gasteiger partial charge >= 0.3 is 0 Å². The van der Waals surface area contributed by atoms with Crippen LogP contribution in [0.2, 0.25) is 0 Å². The van der Waals surface area contributed by atoms with E-state index in [0.29, 0.717) is 6.54 Å². The van der Waals surface area contributed by atoms with E-state index < -0.39 is 0 Å². The molecule has 18 heavy (non-hydrogen) atoms. The van der Waals surface area contributed by atoms with Crippen LogP contribution >= 0.6 is 11.3 Å². The third-order valence-electron chi connectivity index (χ3n) is 3.01. The molecule has 0 atom stereocenters. The van der Waals surface area contributed by atoms with E-state index in [2.05, 4.69) is 27.9 Å². The minimum atomic E-state index is 0.610. The van der Waals surface area contributed by atoms with Gasteiger partial charge in [0, 0.05) is 10.9 Å². The molecule has 0 bridgehead atoms. The van der Waals surface area contributed by atoms with Crippen molar-refractivity contribution in [2.24, 2.45) is 5.84 Å². The van der Waals surface area contributed by atoms with Crippen LogP contribution in [-0.2, 0) is 13.0 Å². The van der Waals surface area contributed by atoms with Crippen molar-refractivity contribution in [3.05, 3.63) is 34.2 Å². The highest BCUT2D eigenvalue weighted by Crippen LogP contribution is 2.30. The summed E-state index contributed by atoms with van der Waals surface area (Å²) < 4.78 is 5.61. The third kappa shape index (κ3) is 2.25. The standard InChI is InChI=1S/C13H15N3OS/c14-15-7-13-16-11(8-18-13)9-3-4-12-10(6-9)2-1-5-17-12/h3-4,6,8,15H,1-2,5,7,14H2. The van der Waals surface area contributed by atoms with E-state index >= 15 is 0 Å². The van der Waals surface area contributed by atoms with E-state index in [1.165, 1.54) is 5.56 Å². The van der Waals surface area contributed by atoms with Crippen LogP contribution < -0.4 is 16.0 Å². The van der Waals surface area contributed by atoms with Crippen LogP contribution in [0.15, 0.2) is 23.6 Å². The van der Waals surface area contributed by atoms with Crippen LogP contribution in [0.5, 0.6) is 5.75 Å². The van der Waals surface area contributed by atoms with Crippen LogP contribution in [-0.4, -0.2) is 11.6 Å². The summed E-state index contributed by atoms with van der Waals surface area (Å²) in [6.07, 6.45) is 2.18. The highest BCUT2D eigenvalue weighted by Gasteiger charge is 2.12. The number of hydrazine groups is 1. The Balaban J connectivity index is 1.91. The first-order valence-corrected chi connectivity index (χ1v) is 6.89. The minimum Gasteiger partial charge on any atom is -0.493 e. The lowest BCUT2D eigenvalue weighted by Crippen LogP contribution is -2.20. The molecule has 0 spiro atoms. The number of aromatic nitrogens is 1. The van der Waals surface area contributed by atoms with Gasteiger partial charge in [0.2, 0.25) is 0 Å². The van der Waals surface area contributed by atoms with Crippen molar-refractivity contribution in [1.29, 1.82) is 0 Å². The number of aryl methyl sites for hydroxylation is 1. The Kier molecular flexibility index (Phi) is 3.27. The van der Waals surface area contributed by atoms with Crippen molar-refractivity contribution < 1.29 is 4.74 Å². The molecule has 1 aliphatic heterocycles. The summed E-state index contributed by atoms with van der Waals surface area (Å²) in [5.74, 6) is 6.32. The first-order chi connectivity index (χ1) is 8.86. The summed E-state index contributed by atoms with van der Waals surface area (Å²) in [6.45, 7) is 1.44. The summed E-state index contributed by atoms with van der Waals surface area (Å²) >= 11 is 1.62. The molecule has 3 rings (SSSR count). The van der Waals surface area contributed by atoms with E-state index in [0.717, 1.165) is 41.5 Å². The summed E-state index contributed by atoms with van der Waals surface area (Å²) in [5, 5.41) is 3.07. The zero-order chi connectivity index (χ0) is 12.4. The maximum absolute atomic E-state index is 5.61. The van der Waals surface area contributed by atoms with E-state index in [4.69, 9.17) is 10.6 Å². The van der Waals surface area contributed by atoms with Crippen molar-refractivity contribution in [1.82, 2.24) is 10.4 Å². The Bertz CT molecular complexity index is 553. The fourth-order valence-electron chi connectivity index (χ4n) is 2.13. The predicted molar refractivity (Wildman–Crippen MR) is 72.4 cm³/mol. The molecule has 1 aliphatic rings. The van der Waals surface area contributed by atoms with E-state index in [9.17, 15) is 0 Å². The molecule has 3 N–H and O–H groups in total. The first-order valence-electron chi connectivity index (χ1n) is 6.01. The van der Waals surface area contributed by atoms with Crippen LogP contribution in [0.1, 0.15) is 17.0 Å². The Hall–Kier alpha value is -1.43. The van der Waals surface area contributed by atoms with Gasteiger partial charge in [-0.25, -0.2) is 4.98 Å². The van der Waals surface area contributed by atoms with E-state index in [1.807, 2.05) is 6.07 Å². The predicted octanol–water partition coefficient (Wildman–Crippen LogP) is 2.10. The molecule has 5 heteroatoms. The number of rotatable bonds is 3. The van der Waals surface area contributed by atoms with Gasteiger partial charge in [0.25, 0.3) is 0 Å². The average Bonchev–Trinajstić information content (AvgIpc) is 2.87. The smallest absolute Gasteiger partial charge is 0.122 e. The molecule has 1 aromatic heterocycles. The van der Waals surface area contributed by atoms with Crippen LogP contribution in [0.4, 0.5) is 0 Å². The molecule has 0 unspecified atom stereocenters. The van der Waals surface area contributed by atoms with Crippen LogP contribution in [0, 0.1) is 0 Å². The van der Waals surface area contributed by atoms with Gasteiger partial charge in [-0.3, -0.25) is 11.3 Å². The Morgan fingerprint density at radius 3 is 3.28 bits per heavy atom. The van der Waals surface area contributed by atoms with Gasteiger partial charge in [0.15, 0.2) is 0 Å². The van der Waals surface area contributed by atoms with Gasteiger partial charge < -0.3 is 4.74 Å². The molecule has 0 saturated heterocycles. The lowest BCUT2D eigenvalue weighted by Gasteiger charge is -2.17. The number of thiazole rings is 1. The fourth-order valence-corrected chi connectivity index (χ4v) is 2.89. The van der Waals surface area contributed by atoms with E-state index in [1.54, 1.807) is 11.3 Å². The maximum Gasteiger partial charge on any atom is 0.122 e. The van der Waals surface area contributed by atoms with Gasteiger partial charge in [-0.15, -0.1) is 11.3 Å². The number of nitrogens with two attached hydrogens (primary N) is 1. The molecule has 4 nitrogen and oxygen atoms in total. The normalized spacial score (nSPS) is 14.1. The molecule has 0 saturated carbocycles. The molecule has 0 radical (unpaired) electrons. The zero-order valence-corrected chi connectivity index (χ0v) is 10.8. The Morgan fingerprint density at radius 1 is 1.44 bits per heavy atom. The van der Waals surface area contributed by atoms with Crippen molar-refractivity contribution in [3.8, 4) is 17.0 Å². The van der Waals surface area contributed by atoms with Gasteiger partial charge in [0.05, 0.1) is 18.8 Å². The molecule has 0 fully saturated rings. The van der Waals surface area contributed by atoms with Crippen LogP contribution in [0.25, 0.3) is 11.3 Å². The molecule has 0 aliphatic carbocycles. The topological polar surface area (TPSA) is 60.2 Å². The molecular weight excluding hydrogens is 246 g/mol. The summed E-state index contributed by atoms with van der Waals surface area (Å²) in [6, 6.07) is 6.30. The molecule has 2 heterocycles. The van der Waals surface area contributed by atoms with Crippen molar-refractivity contribution >= 4 is 11.3 Å². The molecule has 2 aromatic rings. The second-order valence-corrected chi connectivity index (χ2v) is 5.22. The van der Waals surface area contributed by atoms with Gasteiger partial charge in [-0.1, -0.05) is 0 Å². The Morgan fingerprint density at radius 2 is 2.39 bits per heavy atom. The zero-order valence-electron chi connectivity index (χ0n) is 9.98. The SMILES string of the molecule is NNCc1nc(-c2ccc3c(c2)CCCO3)cs1. The first kappa shape index (κ1) is 11.6. The molecule has 1 aromatic carbocycles. The number of benzene rings is 1. The third-order valence-corrected chi connectivity index (χ3v) is 3.86. The Labute approximate surface area is 110 Å². The van der Waals surface area contributed by atoms with E-state index in [-0.39, 0.29) is 0 Å². The maximum atomic E-state index is 5.61.